The molecule has 0 heterocycles. The average molecular weight is 252 g/mol. The van der Waals surface area contributed by atoms with E-state index >= 15 is 0 Å². The number of benzene rings is 2. The van der Waals surface area contributed by atoms with Crippen LogP contribution in [0.4, 0.5) is 0 Å². The van der Waals surface area contributed by atoms with Crippen molar-refractivity contribution < 1.29 is 0 Å². The Morgan fingerprint density at radius 1 is 0.667 bits per heavy atom. The monoisotopic (exact) mass is 252 g/mol. The number of hydrogen-bond donors (Lipinski definition) is 0. The molecule has 0 aromatic heterocycles. The van der Waals surface area contributed by atoms with Gasteiger partial charge in [0.1, 0.15) is 8.80 Å². The number of rotatable bonds is 3. The van der Waals surface area contributed by atoms with Gasteiger partial charge < -0.3 is 0 Å². The van der Waals surface area contributed by atoms with Crippen molar-refractivity contribution in [1.82, 2.24) is 0 Å². The fraction of sp³-hybridized carbons (Fsp3) is 0.294. The van der Waals surface area contributed by atoms with Crippen LogP contribution in [0, 0.1) is 0 Å². The van der Waals surface area contributed by atoms with Gasteiger partial charge in [-0.15, -0.1) is 0 Å². The van der Waals surface area contributed by atoms with E-state index in [1.807, 2.05) is 0 Å². The summed E-state index contributed by atoms with van der Waals surface area (Å²) in [7, 11) is -1.00. The van der Waals surface area contributed by atoms with Crippen LogP contribution in [0.15, 0.2) is 60.7 Å². The van der Waals surface area contributed by atoms with E-state index in [-0.39, 0.29) is 0 Å². The van der Waals surface area contributed by atoms with Crippen LogP contribution in [0.3, 0.4) is 0 Å². The molecule has 1 fully saturated rings. The maximum Gasteiger partial charge on any atom is 0.106 e. The van der Waals surface area contributed by atoms with Gasteiger partial charge in [-0.3, -0.25) is 0 Å². The van der Waals surface area contributed by atoms with E-state index in [1.165, 1.54) is 25.7 Å². The van der Waals surface area contributed by atoms with Gasteiger partial charge in [0.05, 0.1) is 0 Å². The van der Waals surface area contributed by atoms with Gasteiger partial charge in [0.25, 0.3) is 0 Å². The van der Waals surface area contributed by atoms with Crippen molar-refractivity contribution in [3.8, 4) is 0 Å². The molecule has 18 heavy (non-hydrogen) atoms. The Morgan fingerprint density at radius 3 is 1.56 bits per heavy atom. The first-order chi connectivity index (χ1) is 8.95. The summed E-state index contributed by atoms with van der Waals surface area (Å²) in [6.45, 7) is 0. The van der Waals surface area contributed by atoms with Gasteiger partial charge in [-0.25, -0.2) is 0 Å². The molecule has 0 amide bonds. The SMILES string of the molecule is c1ccc([SiH](c2ccccc2)C2CCCC2)cc1. The molecule has 0 N–H and O–H groups in total. The van der Waals surface area contributed by atoms with Gasteiger partial charge in [-0.1, -0.05) is 96.7 Å². The molecular weight excluding hydrogens is 232 g/mol. The van der Waals surface area contributed by atoms with Crippen molar-refractivity contribution in [2.75, 3.05) is 0 Å². The lowest BCUT2D eigenvalue weighted by Crippen LogP contribution is -2.45. The highest BCUT2D eigenvalue weighted by atomic mass is 28.3. The molecule has 0 saturated heterocycles. The van der Waals surface area contributed by atoms with Gasteiger partial charge in [-0.05, 0) is 5.54 Å². The van der Waals surface area contributed by atoms with Crippen molar-refractivity contribution >= 4 is 19.2 Å². The summed E-state index contributed by atoms with van der Waals surface area (Å²) in [5.41, 5.74) is 0.967. The molecule has 0 aliphatic heterocycles. The molecule has 0 bridgehead atoms. The van der Waals surface area contributed by atoms with Crippen LogP contribution in [0.1, 0.15) is 25.7 Å². The molecule has 0 atom stereocenters. The Morgan fingerprint density at radius 2 is 1.11 bits per heavy atom. The van der Waals surface area contributed by atoms with Gasteiger partial charge in [0.15, 0.2) is 0 Å². The summed E-state index contributed by atoms with van der Waals surface area (Å²) in [6.07, 6.45) is 5.77. The predicted molar refractivity (Wildman–Crippen MR) is 81.5 cm³/mol. The minimum atomic E-state index is -1.00. The topological polar surface area (TPSA) is 0 Å². The molecule has 0 nitrogen and oxygen atoms in total. The minimum absolute atomic E-state index is 0.967. The van der Waals surface area contributed by atoms with Crippen molar-refractivity contribution in [2.45, 2.75) is 31.2 Å². The fourth-order valence-electron chi connectivity index (χ4n) is 3.35. The highest BCUT2D eigenvalue weighted by molar-refractivity contribution is 6.86. The van der Waals surface area contributed by atoms with Crippen LogP contribution in [0.25, 0.3) is 0 Å². The molecule has 1 saturated carbocycles. The van der Waals surface area contributed by atoms with E-state index in [0.717, 1.165) is 5.54 Å². The molecule has 0 unspecified atom stereocenters. The lowest BCUT2D eigenvalue weighted by atomic mass is 10.3. The van der Waals surface area contributed by atoms with E-state index in [4.69, 9.17) is 0 Å². The lowest BCUT2D eigenvalue weighted by molar-refractivity contribution is 0.864. The quantitative estimate of drug-likeness (QED) is 0.737. The van der Waals surface area contributed by atoms with E-state index < -0.39 is 8.80 Å². The van der Waals surface area contributed by atoms with Crippen molar-refractivity contribution in [3.05, 3.63) is 60.7 Å². The summed E-state index contributed by atoms with van der Waals surface area (Å²) < 4.78 is 0. The summed E-state index contributed by atoms with van der Waals surface area (Å²) in [5, 5.41) is 3.24. The first-order valence-electron chi connectivity index (χ1n) is 7.05. The van der Waals surface area contributed by atoms with E-state index in [1.54, 1.807) is 10.4 Å². The summed E-state index contributed by atoms with van der Waals surface area (Å²) >= 11 is 0. The third-order valence-corrected chi connectivity index (χ3v) is 8.00. The van der Waals surface area contributed by atoms with E-state index in [0.29, 0.717) is 0 Å². The van der Waals surface area contributed by atoms with Gasteiger partial charge in [0.2, 0.25) is 0 Å². The largest absolute Gasteiger partial charge is 0.106 e. The molecule has 2 aromatic rings. The number of hydrogen-bond acceptors (Lipinski definition) is 0. The summed E-state index contributed by atoms with van der Waals surface area (Å²) in [5.74, 6) is 0. The van der Waals surface area contributed by atoms with E-state index in [9.17, 15) is 0 Å². The molecule has 3 rings (SSSR count). The summed E-state index contributed by atoms with van der Waals surface area (Å²) in [6, 6.07) is 22.5. The molecule has 1 heteroatoms. The Bertz CT molecular complexity index is 432. The predicted octanol–water partition coefficient (Wildman–Crippen LogP) is 2.97. The molecule has 1 aliphatic carbocycles. The molecule has 0 radical (unpaired) electrons. The van der Waals surface area contributed by atoms with Crippen molar-refractivity contribution in [2.24, 2.45) is 0 Å². The first kappa shape index (κ1) is 11.7. The molecule has 92 valence electrons. The second-order valence-electron chi connectivity index (χ2n) is 5.34. The normalized spacial score (nSPS) is 16.3. The van der Waals surface area contributed by atoms with Crippen LogP contribution >= 0.6 is 0 Å². The zero-order chi connectivity index (χ0) is 12.2. The maximum atomic E-state index is 2.35. The van der Waals surface area contributed by atoms with Crippen LogP contribution in [-0.2, 0) is 0 Å². The standard InChI is InChI=1S/C17H20Si/c1-3-9-15(10-4-1)18(17-13-7-8-14-17)16-11-5-2-6-12-16/h1-6,9-12,17-18H,7-8,13-14H2. The third-order valence-electron chi connectivity index (χ3n) is 4.19. The Balaban J connectivity index is 1.98. The Hall–Kier alpha value is -1.34. The molecular formula is C17H20Si. The smallest absolute Gasteiger partial charge is 0.0629 e. The van der Waals surface area contributed by atoms with Crippen LogP contribution in [0.2, 0.25) is 5.54 Å². The zero-order valence-corrected chi connectivity index (χ0v) is 11.9. The second kappa shape index (κ2) is 5.53. The van der Waals surface area contributed by atoms with Gasteiger partial charge >= 0.3 is 0 Å². The molecule has 0 spiro atoms. The lowest BCUT2D eigenvalue weighted by Gasteiger charge is -2.22. The highest BCUT2D eigenvalue weighted by Gasteiger charge is 2.28. The summed E-state index contributed by atoms with van der Waals surface area (Å²) in [4.78, 5) is 0. The van der Waals surface area contributed by atoms with Crippen LogP contribution in [-0.4, -0.2) is 8.80 Å². The van der Waals surface area contributed by atoms with Gasteiger partial charge in [-0.2, -0.15) is 0 Å². The van der Waals surface area contributed by atoms with Crippen molar-refractivity contribution in [3.63, 3.8) is 0 Å². The highest BCUT2D eigenvalue weighted by Crippen LogP contribution is 2.32. The maximum absolute atomic E-state index is 2.35. The Kier molecular flexibility index (Phi) is 3.61. The average Bonchev–Trinajstić information content (AvgIpc) is 2.95. The van der Waals surface area contributed by atoms with Crippen LogP contribution < -0.4 is 10.4 Å². The minimum Gasteiger partial charge on any atom is -0.0629 e. The second-order valence-corrected chi connectivity index (χ2v) is 8.58. The molecule has 1 aliphatic rings. The first-order valence-corrected chi connectivity index (χ1v) is 8.87. The third kappa shape index (κ3) is 2.41. The fourth-order valence-corrected chi connectivity index (χ4v) is 7.23. The van der Waals surface area contributed by atoms with Gasteiger partial charge in [0, 0.05) is 0 Å². The van der Waals surface area contributed by atoms with E-state index in [2.05, 4.69) is 60.7 Å². The zero-order valence-electron chi connectivity index (χ0n) is 10.8. The van der Waals surface area contributed by atoms with Crippen LogP contribution in [0.5, 0.6) is 0 Å². The Labute approximate surface area is 111 Å². The molecule has 2 aromatic carbocycles. The van der Waals surface area contributed by atoms with Crippen molar-refractivity contribution in [1.29, 1.82) is 0 Å².